The lowest BCUT2D eigenvalue weighted by Crippen LogP contribution is -2.56. The Bertz CT molecular complexity index is 1560. The Morgan fingerprint density at radius 2 is 1.69 bits per heavy atom. The monoisotopic (exact) mass is 586 g/mol. The Balaban J connectivity index is 1.51. The molecule has 3 aromatic carbocycles. The van der Waals surface area contributed by atoms with Gasteiger partial charge in [0.25, 0.3) is 0 Å². The van der Waals surface area contributed by atoms with Crippen LogP contribution in [0, 0.1) is 18.8 Å². The number of nitrogens with zero attached hydrogens (tertiary/aromatic N) is 1. The summed E-state index contributed by atoms with van der Waals surface area (Å²) in [7, 11) is 0. The number of amides is 4. The van der Waals surface area contributed by atoms with Gasteiger partial charge < -0.3 is 16.2 Å². The molecule has 2 aliphatic heterocycles. The van der Waals surface area contributed by atoms with Crippen LogP contribution in [0.2, 0.25) is 5.02 Å². The topological polar surface area (TPSA) is 142 Å². The first-order valence-electron chi connectivity index (χ1n) is 13.6. The van der Waals surface area contributed by atoms with E-state index in [1.165, 1.54) is 0 Å². The normalized spacial score (nSPS) is 23.4. The number of aliphatic carboxylic acids is 1. The van der Waals surface area contributed by atoms with E-state index in [4.69, 9.17) is 17.3 Å². The minimum absolute atomic E-state index is 0.0142. The van der Waals surface area contributed by atoms with Crippen LogP contribution < -0.4 is 21.3 Å². The van der Waals surface area contributed by atoms with Crippen LogP contribution in [-0.2, 0) is 14.4 Å². The molecule has 9 nitrogen and oxygen atoms in total. The van der Waals surface area contributed by atoms with Gasteiger partial charge in [0.2, 0.25) is 11.8 Å². The number of rotatable bonds is 9. The standard InChI is InChI=1S/C32H31ClN4O5/c1-19-8-15-23(18-24(19)33)37-28(38)25-26(29(37)39)32(30(40)41,16-5-17-35-31(34)42)36-27(25)22-13-11-21(12-14-22)10-9-20-6-3-2-4-7-20/h2-4,6-15,18,25-27,36H,5,16-17H2,1H3,(H,40,41)(H3,34,35,42). The van der Waals surface area contributed by atoms with E-state index < -0.39 is 47.2 Å². The first-order valence-corrected chi connectivity index (χ1v) is 14.0. The highest BCUT2D eigenvalue weighted by Crippen LogP contribution is 2.51. The molecule has 0 saturated carbocycles. The summed E-state index contributed by atoms with van der Waals surface area (Å²) in [6.07, 6.45) is 4.15. The Labute approximate surface area is 248 Å². The molecule has 2 heterocycles. The fraction of sp³-hybridized carbons (Fsp3) is 0.250. The van der Waals surface area contributed by atoms with Crippen molar-refractivity contribution in [3.05, 3.63) is 100 Å². The second-order valence-electron chi connectivity index (χ2n) is 10.7. The van der Waals surface area contributed by atoms with Gasteiger partial charge >= 0.3 is 12.0 Å². The summed E-state index contributed by atoms with van der Waals surface area (Å²) in [5, 5.41) is 16.6. The molecule has 0 aliphatic carbocycles. The van der Waals surface area contributed by atoms with Gasteiger partial charge in [-0.2, -0.15) is 0 Å². The highest BCUT2D eigenvalue weighted by Gasteiger charge is 2.68. The molecule has 4 atom stereocenters. The van der Waals surface area contributed by atoms with Crippen molar-refractivity contribution in [3.63, 3.8) is 0 Å². The van der Waals surface area contributed by atoms with Crippen LogP contribution in [0.25, 0.3) is 12.2 Å². The number of aryl methyl sites for hydroxylation is 1. The number of primary amides is 1. The van der Waals surface area contributed by atoms with Gasteiger partial charge in [0.05, 0.1) is 17.5 Å². The molecule has 0 radical (unpaired) electrons. The van der Waals surface area contributed by atoms with E-state index in [1.54, 1.807) is 18.2 Å². The number of anilines is 1. The number of fused-ring (bicyclic) bond motifs is 1. The summed E-state index contributed by atoms with van der Waals surface area (Å²) >= 11 is 6.32. The summed E-state index contributed by atoms with van der Waals surface area (Å²) < 4.78 is 0. The van der Waals surface area contributed by atoms with E-state index in [0.717, 1.165) is 21.6 Å². The molecule has 3 aromatic rings. The van der Waals surface area contributed by atoms with Crippen molar-refractivity contribution in [2.75, 3.05) is 11.4 Å². The minimum atomic E-state index is -1.75. The minimum Gasteiger partial charge on any atom is -0.480 e. The van der Waals surface area contributed by atoms with E-state index >= 15 is 0 Å². The lowest BCUT2D eigenvalue weighted by Gasteiger charge is -2.31. The lowest BCUT2D eigenvalue weighted by molar-refractivity contribution is -0.149. The molecule has 2 fully saturated rings. The number of benzene rings is 3. The lowest BCUT2D eigenvalue weighted by atomic mass is 9.77. The fourth-order valence-corrected chi connectivity index (χ4v) is 6.12. The maximum atomic E-state index is 14.0. The van der Waals surface area contributed by atoms with Crippen molar-refractivity contribution in [1.82, 2.24) is 10.6 Å². The average molecular weight is 587 g/mol. The number of carbonyl (C=O) groups excluding carboxylic acids is 3. The predicted octanol–water partition coefficient (Wildman–Crippen LogP) is 4.54. The average Bonchev–Trinajstić information content (AvgIpc) is 3.46. The summed E-state index contributed by atoms with van der Waals surface area (Å²) in [5.74, 6) is -4.49. The largest absolute Gasteiger partial charge is 0.480 e. The molecular formula is C32H31ClN4O5. The molecule has 10 heteroatoms. The molecule has 216 valence electrons. The van der Waals surface area contributed by atoms with Gasteiger partial charge in [-0.3, -0.25) is 19.7 Å². The number of hydrogen-bond acceptors (Lipinski definition) is 5. The molecule has 42 heavy (non-hydrogen) atoms. The van der Waals surface area contributed by atoms with Gasteiger partial charge in [0.15, 0.2) is 0 Å². The van der Waals surface area contributed by atoms with E-state index in [1.807, 2.05) is 73.7 Å². The number of hydrogen-bond donors (Lipinski definition) is 4. The smallest absolute Gasteiger partial charge is 0.324 e. The highest BCUT2D eigenvalue weighted by molar-refractivity contribution is 6.32. The SMILES string of the molecule is Cc1ccc(N2C(=O)C3C(c4ccc(C=Cc5ccccc5)cc4)NC(CCCNC(N)=O)(C(=O)O)C3C2=O)cc1Cl. The van der Waals surface area contributed by atoms with Gasteiger partial charge in [-0.15, -0.1) is 0 Å². The molecule has 4 amide bonds. The predicted molar refractivity (Wildman–Crippen MR) is 161 cm³/mol. The number of carbonyl (C=O) groups is 4. The molecule has 4 unspecified atom stereocenters. The fourth-order valence-electron chi connectivity index (χ4n) is 5.95. The Morgan fingerprint density at radius 1 is 1.02 bits per heavy atom. The number of nitrogens with two attached hydrogens (primary N) is 1. The van der Waals surface area contributed by atoms with Crippen LogP contribution >= 0.6 is 11.6 Å². The molecule has 5 rings (SSSR count). The molecule has 2 saturated heterocycles. The second kappa shape index (κ2) is 11.8. The third-order valence-electron chi connectivity index (χ3n) is 8.06. The summed E-state index contributed by atoms with van der Waals surface area (Å²) in [6, 6.07) is 20.7. The van der Waals surface area contributed by atoms with Gasteiger partial charge in [0.1, 0.15) is 5.54 Å². The van der Waals surface area contributed by atoms with E-state index in [-0.39, 0.29) is 19.4 Å². The third kappa shape index (κ3) is 5.41. The van der Waals surface area contributed by atoms with Crippen LogP contribution in [0.5, 0.6) is 0 Å². The molecule has 0 spiro atoms. The van der Waals surface area contributed by atoms with Crippen molar-refractivity contribution >= 4 is 53.3 Å². The number of urea groups is 1. The first-order chi connectivity index (χ1) is 20.1. The van der Waals surface area contributed by atoms with Crippen molar-refractivity contribution < 1.29 is 24.3 Å². The Kier molecular flexibility index (Phi) is 8.15. The van der Waals surface area contributed by atoms with E-state index in [0.29, 0.717) is 16.3 Å². The molecule has 0 aromatic heterocycles. The second-order valence-corrected chi connectivity index (χ2v) is 11.1. The maximum Gasteiger partial charge on any atom is 0.324 e. The van der Waals surface area contributed by atoms with Crippen molar-refractivity contribution in [2.45, 2.75) is 31.3 Å². The van der Waals surface area contributed by atoms with Crippen molar-refractivity contribution in [1.29, 1.82) is 0 Å². The third-order valence-corrected chi connectivity index (χ3v) is 8.47. The number of carboxylic acids is 1. The van der Waals surface area contributed by atoms with Gasteiger partial charge in [0, 0.05) is 17.6 Å². The molecular weight excluding hydrogens is 556 g/mol. The highest BCUT2D eigenvalue weighted by atomic mass is 35.5. The molecule has 2 aliphatic rings. The van der Waals surface area contributed by atoms with Crippen LogP contribution in [0.1, 0.15) is 41.1 Å². The first kappa shape index (κ1) is 29.0. The number of nitrogens with one attached hydrogen (secondary N) is 2. The van der Waals surface area contributed by atoms with Gasteiger partial charge in [-0.25, -0.2) is 9.69 Å². The zero-order valence-electron chi connectivity index (χ0n) is 22.9. The van der Waals surface area contributed by atoms with Gasteiger partial charge in [-0.05, 0) is 54.2 Å². The van der Waals surface area contributed by atoms with Crippen molar-refractivity contribution in [3.8, 4) is 0 Å². The van der Waals surface area contributed by atoms with Crippen LogP contribution in [0.15, 0.2) is 72.8 Å². The van der Waals surface area contributed by atoms with Crippen LogP contribution in [0.3, 0.4) is 0 Å². The Hall–Kier alpha value is -4.47. The van der Waals surface area contributed by atoms with Crippen LogP contribution in [-0.4, -0.2) is 41.0 Å². The molecule has 0 bridgehead atoms. The number of halogens is 1. The summed E-state index contributed by atoms with van der Waals surface area (Å²) in [4.78, 5) is 53.1. The summed E-state index contributed by atoms with van der Waals surface area (Å²) in [6.45, 7) is 1.93. The van der Waals surface area contributed by atoms with E-state index in [2.05, 4.69) is 10.6 Å². The van der Waals surface area contributed by atoms with Crippen LogP contribution in [0.4, 0.5) is 10.5 Å². The van der Waals surface area contributed by atoms with Gasteiger partial charge in [-0.1, -0.05) is 84.4 Å². The zero-order valence-corrected chi connectivity index (χ0v) is 23.7. The number of carboxylic acid groups (broad SMARTS) is 1. The maximum absolute atomic E-state index is 14.0. The van der Waals surface area contributed by atoms with E-state index in [9.17, 15) is 24.3 Å². The quantitative estimate of drug-likeness (QED) is 0.165. The Morgan fingerprint density at radius 3 is 2.31 bits per heavy atom. The molecule has 5 N–H and O–H groups in total. The zero-order chi connectivity index (χ0) is 30.0. The van der Waals surface area contributed by atoms with Crippen molar-refractivity contribution in [2.24, 2.45) is 17.6 Å². The number of imide groups is 1. The summed E-state index contributed by atoms with van der Waals surface area (Å²) in [5.41, 5.74) is 7.15.